The van der Waals surface area contributed by atoms with Crippen molar-refractivity contribution in [2.45, 2.75) is 39.5 Å². The van der Waals surface area contributed by atoms with E-state index in [4.69, 9.17) is 32.9 Å². The first-order valence-corrected chi connectivity index (χ1v) is 12.6. The smallest absolute Gasteiger partial charge is 0.226 e. The van der Waals surface area contributed by atoms with Crippen molar-refractivity contribution >= 4 is 35.0 Å². The quantitative estimate of drug-likeness (QED) is 0.216. The summed E-state index contributed by atoms with van der Waals surface area (Å²) in [4.78, 5) is 13.6. The molecule has 0 aliphatic rings. The van der Waals surface area contributed by atoms with Crippen LogP contribution in [0.25, 0.3) is 5.82 Å². The number of halogens is 2. The van der Waals surface area contributed by atoms with Crippen LogP contribution in [0.15, 0.2) is 73.3 Å². The van der Waals surface area contributed by atoms with Crippen LogP contribution in [0.2, 0.25) is 10.0 Å². The van der Waals surface area contributed by atoms with Crippen LogP contribution in [0, 0.1) is 5.92 Å². The summed E-state index contributed by atoms with van der Waals surface area (Å²) in [6.45, 7) is 6.00. The van der Waals surface area contributed by atoms with Gasteiger partial charge in [0.05, 0.1) is 19.3 Å². The number of imidazole rings is 1. The number of hydrogen-bond acceptors (Lipinski definition) is 6. The van der Waals surface area contributed by atoms with Gasteiger partial charge in [0.15, 0.2) is 0 Å². The molecule has 7 nitrogen and oxygen atoms in total. The van der Waals surface area contributed by atoms with Crippen LogP contribution in [0.5, 0.6) is 0 Å². The first-order chi connectivity index (χ1) is 17.4. The van der Waals surface area contributed by atoms with Gasteiger partial charge in [-0.15, -0.1) is 0 Å². The molecule has 4 aromatic rings. The number of ether oxygens (including phenoxy) is 1. The third-order valence-electron chi connectivity index (χ3n) is 5.43. The minimum absolute atomic E-state index is 0.0728. The highest BCUT2D eigenvalue weighted by Gasteiger charge is 2.15. The standard InChI is InChI=1S/C27H30Cl2N6O/c1-19(2)12-24(17-36-16-20-6-8-22(28)9-7-20)32-25-14-26(35-11-10-30-18-35)34-27(33-25)31-15-21-4-3-5-23(29)13-21/h3-11,13-14,18-19,24H,12,15-17H2,1-2H3,(H2,31,32,33,34)/t24-/m0/s1. The number of hydrogen-bond donors (Lipinski definition) is 2. The number of anilines is 2. The van der Waals surface area contributed by atoms with Gasteiger partial charge >= 0.3 is 0 Å². The third-order valence-corrected chi connectivity index (χ3v) is 5.92. The number of rotatable bonds is 12. The minimum atomic E-state index is 0.0728. The molecular formula is C27H30Cl2N6O. The topological polar surface area (TPSA) is 76.9 Å². The lowest BCUT2D eigenvalue weighted by atomic mass is 10.0. The van der Waals surface area contributed by atoms with Crippen LogP contribution in [0.3, 0.4) is 0 Å². The molecule has 1 atom stereocenters. The molecule has 2 aromatic heterocycles. The Morgan fingerprint density at radius 1 is 0.972 bits per heavy atom. The molecule has 2 aromatic carbocycles. The second-order valence-electron chi connectivity index (χ2n) is 9.00. The molecule has 0 amide bonds. The zero-order valence-corrected chi connectivity index (χ0v) is 21.9. The molecule has 36 heavy (non-hydrogen) atoms. The van der Waals surface area contributed by atoms with Crippen LogP contribution < -0.4 is 10.6 Å². The van der Waals surface area contributed by atoms with Gasteiger partial charge in [-0.1, -0.05) is 61.3 Å². The van der Waals surface area contributed by atoms with E-state index in [0.29, 0.717) is 48.3 Å². The summed E-state index contributed by atoms with van der Waals surface area (Å²) in [6.07, 6.45) is 6.22. The molecule has 0 fully saturated rings. The van der Waals surface area contributed by atoms with E-state index in [2.05, 4.69) is 34.4 Å². The van der Waals surface area contributed by atoms with Gasteiger partial charge in [-0.05, 0) is 47.7 Å². The zero-order valence-electron chi connectivity index (χ0n) is 20.4. The highest BCUT2D eigenvalue weighted by atomic mass is 35.5. The van der Waals surface area contributed by atoms with Crippen molar-refractivity contribution in [2.75, 3.05) is 17.2 Å². The molecule has 0 saturated heterocycles. The van der Waals surface area contributed by atoms with Gasteiger partial charge in [0.1, 0.15) is 18.0 Å². The van der Waals surface area contributed by atoms with Crippen LogP contribution in [0.1, 0.15) is 31.4 Å². The van der Waals surface area contributed by atoms with Crippen LogP contribution in [-0.4, -0.2) is 32.2 Å². The lowest BCUT2D eigenvalue weighted by Gasteiger charge is -2.22. The van der Waals surface area contributed by atoms with Crippen LogP contribution in [-0.2, 0) is 17.9 Å². The van der Waals surface area contributed by atoms with E-state index in [0.717, 1.165) is 22.6 Å². The molecule has 188 valence electrons. The normalized spacial score (nSPS) is 12.0. The SMILES string of the molecule is CC(C)C[C@@H](COCc1ccc(Cl)cc1)Nc1cc(-n2ccnc2)nc(NCc2cccc(Cl)c2)n1. The molecular weight excluding hydrogens is 495 g/mol. The van der Waals surface area contributed by atoms with E-state index in [1.807, 2.05) is 65.4 Å². The van der Waals surface area contributed by atoms with Crippen molar-refractivity contribution in [3.8, 4) is 5.82 Å². The Balaban J connectivity index is 1.48. The summed E-state index contributed by atoms with van der Waals surface area (Å²) in [5.41, 5.74) is 2.13. The van der Waals surface area contributed by atoms with Gasteiger partial charge in [-0.2, -0.15) is 9.97 Å². The van der Waals surface area contributed by atoms with Gasteiger partial charge in [0, 0.05) is 35.1 Å². The highest BCUT2D eigenvalue weighted by Crippen LogP contribution is 2.19. The van der Waals surface area contributed by atoms with Gasteiger partial charge in [0.2, 0.25) is 5.95 Å². The number of benzene rings is 2. The molecule has 0 spiro atoms. The van der Waals surface area contributed by atoms with E-state index in [9.17, 15) is 0 Å². The molecule has 0 saturated carbocycles. The van der Waals surface area contributed by atoms with Crippen molar-refractivity contribution < 1.29 is 4.74 Å². The predicted octanol–water partition coefficient (Wildman–Crippen LogP) is 6.62. The van der Waals surface area contributed by atoms with Crippen molar-refractivity contribution in [1.29, 1.82) is 0 Å². The molecule has 0 unspecified atom stereocenters. The van der Waals surface area contributed by atoms with Crippen molar-refractivity contribution in [3.05, 3.63) is 94.5 Å². The van der Waals surface area contributed by atoms with E-state index >= 15 is 0 Å². The fourth-order valence-electron chi connectivity index (χ4n) is 3.79. The summed E-state index contributed by atoms with van der Waals surface area (Å²) in [7, 11) is 0. The third kappa shape index (κ3) is 7.95. The predicted molar refractivity (Wildman–Crippen MR) is 146 cm³/mol. The first-order valence-electron chi connectivity index (χ1n) is 11.9. The summed E-state index contributed by atoms with van der Waals surface area (Å²) in [5, 5.41) is 8.29. The molecule has 0 aliphatic carbocycles. The summed E-state index contributed by atoms with van der Waals surface area (Å²) in [5.74, 6) is 2.41. The van der Waals surface area contributed by atoms with Gasteiger partial charge < -0.3 is 15.4 Å². The fourth-order valence-corrected chi connectivity index (χ4v) is 4.13. The Bertz CT molecular complexity index is 1230. The average Bonchev–Trinajstić information content (AvgIpc) is 3.39. The second-order valence-corrected chi connectivity index (χ2v) is 9.87. The van der Waals surface area contributed by atoms with Gasteiger partial charge in [0.25, 0.3) is 0 Å². The summed E-state index contributed by atoms with van der Waals surface area (Å²) in [6, 6.07) is 17.4. The Hall–Kier alpha value is -3.13. The average molecular weight is 525 g/mol. The monoisotopic (exact) mass is 524 g/mol. The van der Waals surface area contributed by atoms with E-state index in [1.165, 1.54) is 0 Å². The van der Waals surface area contributed by atoms with Gasteiger partial charge in [-0.3, -0.25) is 4.57 Å². The van der Waals surface area contributed by atoms with Gasteiger partial charge in [-0.25, -0.2) is 4.98 Å². The molecule has 0 radical (unpaired) electrons. The number of nitrogens with one attached hydrogen (secondary N) is 2. The number of nitrogens with zero attached hydrogens (tertiary/aromatic N) is 4. The Morgan fingerprint density at radius 3 is 2.53 bits per heavy atom. The highest BCUT2D eigenvalue weighted by molar-refractivity contribution is 6.30. The molecule has 4 rings (SSSR count). The summed E-state index contributed by atoms with van der Waals surface area (Å²) >= 11 is 12.1. The van der Waals surface area contributed by atoms with Crippen molar-refractivity contribution in [1.82, 2.24) is 19.5 Å². The first kappa shape index (κ1) is 25.9. The van der Waals surface area contributed by atoms with E-state index in [-0.39, 0.29) is 6.04 Å². The fraction of sp³-hybridized carbons (Fsp3) is 0.296. The number of aromatic nitrogens is 4. The molecule has 0 bridgehead atoms. The zero-order chi connectivity index (χ0) is 25.3. The Morgan fingerprint density at radius 2 is 1.81 bits per heavy atom. The van der Waals surface area contributed by atoms with E-state index < -0.39 is 0 Å². The Labute approximate surface area is 221 Å². The minimum Gasteiger partial charge on any atom is -0.375 e. The summed E-state index contributed by atoms with van der Waals surface area (Å²) < 4.78 is 7.90. The molecule has 9 heteroatoms. The van der Waals surface area contributed by atoms with Crippen molar-refractivity contribution in [2.24, 2.45) is 5.92 Å². The largest absolute Gasteiger partial charge is 0.375 e. The van der Waals surface area contributed by atoms with E-state index in [1.54, 1.807) is 12.5 Å². The van der Waals surface area contributed by atoms with Crippen molar-refractivity contribution in [3.63, 3.8) is 0 Å². The maximum Gasteiger partial charge on any atom is 0.226 e. The Kier molecular flexibility index (Phi) is 9.17. The maximum atomic E-state index is 6.13. The lowest BCUT2D eigenvalue weighted by Crippen LogP contribution is -2.28. The molecule has 2 N–H and O–H groups in total. The molecule has 0 aliphatic heterocycles. The van der Waals surface area contributed by atoms with Crippen LogP contribution in [0.4, 0.5) is 11.8 Å². The second kappa shape index (κ2) is 12.7. The molecule has 2 heterocycles. The lowest BCUT2D eigenvalue weighted by molar-refractivity contribution is 0.107. The maximum absolute atomic E-state index is 6.13. The van der Waals surface area contributed by atoms with Crippen LogP contribution >= 0.6 is 23.2 Å².